The lowest BCUT2D eigenvalue weighted by molar-refractivity contribution is 0.321. The number of phenolic OH excluding ortho intramolecular Hbond substituents is 1. The molecule has 0 aromatic heterocycles. The molecule has 0 aliphatic heterocycles. The number of benzene rings is 2. The molecule has 0 heterocycles. The topological polar surface area (TPSA) is 57.2 Å². The van der Waals surface area contributed by atoms with Crippen LogP contribution in [0.4, 0.5) is 0 Å². The summed E-state index contributed by atoms with van der Waals surface area (Å²) in [6.07, 6.45) is 4.09. The van der Waals surface area contributed by atoms with Gasteiger partial charge >= 0.3 is 0 Å². The van der Waals surface area contributed by atoms with Crippen molar-refractivity contribution in [1.29, 1.82) is 0 Å². The Morgan fingerprint density at radius 1 is 0.889 bits per heavy atom. The van der Waals surface area contributed by atoms with Crippen molar-refractivity contribution in [1.82, 2.24) is 0 Å². The summed E-state index contributed by atoms with van der Waals surface area (Å²) in [4.78, 5) is 0. The van der Waals surface area contributed by atoms with Gasteiger partial charge in [-0.15, -0.1) is 0 Å². The van der Waals surface area contributed by atoms with E-state index in [4.69, 9.17) is 18.9 Å². The van der Waals surface area contributed by atoms with E-state index in [1.807, 2.05) is 12.1 Å². The van der Waals surface area contributed by atoms with Crippen molar-refractivity contribution in [2.75, 3.05) is 28.4 Å². The second-order valence-electron chi connectivity index (χ2n) is 6.65. The third-order valence-electron chi connectivity index (χ3n) is 5.01. The van der Waals surface area contributed by atoms with Gasteiger partial charge in [0.1, 0.15) is 0 Å². The van der Waals surface area contributed by atoms with Crippen LogP contribution >= 0.6 is 0 Å². The highest BCUT2D eigenvalue weighted by Crippen LogP contribution is 2.47. The molecule has 1 aliphatic carbocycles. The van der Waals surface area contributed by atoms with Crippen LogP contribution in [0.25, 0.3) is 5.57 Å². The Morgan fingerprint density at radius 2 is 1.59 bits per heavy atom. The van der Waals surface area contributed by atoms with Gasteiger partial charge in [-0.1, -0.05) is 19.1 Å². The van der Waals surface area contributed by atoms with Crippen LogP contribution in [0.3, 0.4) is 0 Å². The first kappa shape index (κ1) is 19.0. The molecule has 0 spiro atoms. The largest absolute Gasteiger partial charge is 0.504 e. The maximum Gasteiger partial charge on any atom is 0.203 e. The van der Waals surface area contributed by atoms with Crippen LogP contribution in [-0.4, -0.2) is 33.5 Å². The van der Waals surface area contributed by atoms with E-state index in [0.29, 0.717) is 28.9 Å². The number of hydrogen-bond donors (Lipinski definition) is 1. The fourth-order valence-electron chi connectivity index (χ4n) is 3.64. The molecule has 0 saturated carbocycles. The van der Waals surface area contributed by atoms with E-state index < -0.39 is 0 Å². The highest BCUT2D eigenvalue weighted by Gasteiger charge is 2.25. The monoisotopic (exact) mass is 370 g/mol. The number of fused-ring (bicyclic) bond motifs is 1. The first-order valence-corrected chi connectivity index (χ1v) is 8.95. The van der Waals surface area contributed by atoms with Gasteiger partial charge in [0.15, 0.2) is 23.0 Å². The van der Waals surface area contributed by atoms with Gasteiger partial charge in [-0.3, -0.25) is 0 Å². The van der Waals surface area contributed by atoms with Gasteiger partial charge in [-0.2, -0.15) is 0 Å². The molecule has 5 nitrogen and oxygen atoms in total. The Bertz CT molecular complexity index is 869. The Kier molecular flexibility index (Phi) is 5.49. The molecule has 0 bridgehead atoms. The standard InChI is InChI=1S/C22H26O5/c1-13-6-8-15-17(12-20(25-3)22(27-5)21(15)26-4)16(10-13)14-7-9-19(24-2)18(23)11-14/h7,9-13,23H,6,8H2,1-5H3. The van der Waals surface area contributed by atoms with Gasteiger partial charge in [0.25, 0.3) is 0 Å². The summed E-state index contributed by atoms with van der Waals surface area (Å²) >= 11 is 0. The van der Waals surface area contributed by atoms with E-state index in [0.717, 1.165) is 35.1 Å². The van der Waals surface area contributed by atoms with Gasteiger partial charge < -0.3 is 24.1 Å². The van der Waals surface area contributed by atoms with E-state index in [2.05, 4.69) is 13.0 Å². The Hall–Kier alpha value is -2.82. The zero-order chi connectivity index (χ0) is 19.6. The zero-order valence-corrected chi connectivity index (χ0v) is 16.5. The number of rotatable bonds is 5. The number of allylic oxidation sites excluding steroid dienone is 1. The summed E-state index contributed by atoms with van der Waals surface area (Å²) in [6.45, 7) is 2.19. The summed E-state index contributed by atoms with van der Waals surface area (Å²) in [7, 11) is 6.42. The minimum atomic E-state index is 0.113. The van der Waals surface area contributed by atoms with Crippen molar-refractivity contribution in [3.05, 3.63) is 47.0 Å². The maximum atomic E-state index is 10.3. The molecule has 1 atom stereocenters. The van der Waals surface area contributed by atoms with Gasteiger partial charge in [0, 0.05) is 5.56 Å². The van der Waals surface area contributed by atoms with Crippen LogP contribution < -0.4 is 18.9 Å². The van der Waals surface area contributed by atoms with Crippen molar-refractivity contribution < 1.29 is 24.1 Å². The van der Waals surface area contributed by atoms with Crippen LogP contribution in [0.15, 0.2) is 30.3 Å². The third kappa shape index (κ3) is 3.42. The van der Waals surface area contributed by atoms with Crippen LogP contribution in [0.5, 0.6) is 28.7 Å². The molecule has 5 heteroatoms. The Labute approximate surface area is 160 Å². The SMILES string of the molecule is COc1ccc(C2=CC(C)CCc3c2cc(OC)c(OC)c3OC)cc1O. The minimum Gasteiger partial charge on any atom is -0.504 e. The quantitative estimate of drug-likeness (QED) is 0.843. The van der Waals surface area contributed by atoms with Crippen LogP contribution in [0.1, 0.15) is 30.0 Å². The summed E-state index contributed by atoms with van der Waals surface area (Å²) in [6, 6.07) is 7.45. The minimum absolute atomic E-state index is 0.113. The predicted molar refractivity (Wildman–Crippen MR) is 105 cm³/mol. The Morgan fingerprint density at radius 3 is 2.19 bits per heavy atom. The molecule has 0 radical (unpaired) electrons. The number of hydrogen-bond acceptors (Lipinski definition) is 5. The summed E-state index contributed by atoms with van der Waals surface area (Å²) < 4.78 is 22.0. The first-order chi connectivity index (χ1) is 13.0. The van der Waals surface area contributed by atoms with E-state index in [9.17, 15) is 5.11 Å². The fourth-order valence-corrected chi connectivity index (χ4v) is 3.64. The lowest BCUT2D eigenvalue weighted by Gasteiger charge is -2.20. The van der Waals surface area contributed by atoms with E-state index in [-0.39, 0.29) is 5.75 Å². The van der Waals surface area contributed by atoms with Gasteiger partial charge in [0.05, 0.1) is 28.4 Å². The summed E-state index contributed by atoms with van der Waals surface area (Å²) in [5.41, 5.74) is 4.06. The van der Waals surface area contributed by atoms with Crippen molar-refractivity contribution in [3.8, 4) is 28.7 Å². The Balaban J connectivity index is 2.26. The molecule has 1 aliphatic rings. The molecule has 2 aromatic carbocycles. The lowest BCUT2D eigenvalue weighted by atomic mass is 9.92. The predicted octanol–water partition coefficient (Wildman–Crippen LogP) is 4.44. The van der Waals surface area contributed by atoms with E-state index in [1.54, 1.807) is 40.6 Å². The molecular weight excluding hydrogens is 344 g/mol. The average Bonchev–Trinajstić information content (AvgIpc) is 2.85. The number of aromatic hydroxyl groups is 1. The maximum absolute atomic E-state index is 10.3. The molecule has 0 saturated heterocycles. The fraction of sp³-hybridized carbons (Fsp3) is 0.364. The highest BCUT2D eigenvalue weighted by molar-refractivity contribution is 5.85. The van der Waals surface area contributed by atoms with Crippen molar-refractivity contribution in [3.63, 3.8) is 0 Å². The molecule has 1 N–H and O–H groups in total. The van der Waals surface area contributed by atoms with E-state index >= 15 is 0 Å². The van der Waals surface area contributed by atoms with Crippen molar-refractivity contribution in [2.24, 2.45) is 5.92 Å². The van der Waals surface area contributed by atoms with Crippen LogP contribution in [-0.2, 0) is 6.42 Å². The van der Waals surface area contributed by atoms with Crippen LogP contribution in [0.2, 0.25) is 0 Å². The molecule has 2 aromatic rings. The second-order valence-corrected chi connectivity index (χ2v) is 6.65. The normalized spacial score (nSPS) is 16.0. The van der Waals surface area contributed by atoms with Gasteiger partial charge in [-0.05, 0) is 53.7 Å². The zero-order valence-electron chi connectivity index (χ0n) is 16.5. The highest BCUT2D eigenvalue weighted by atomic mass is 16.5. The van der Waals surface area contributed by atoms with Gasteiger partial charge in [-0.25, -0.2) is 0 Å². The molecule has 27 heavy (non-hydrogen) atoms. The van der Waals surface area contributed by atoms with Crippen molar-refractivity contribution in [2.45, 2.75) is 19.8 Å². The summed E-state index contributed by atoms with van der Waals surface area (Å²) in [5.74, 6) is 2.85. The smallest absolute Gasteiger partial charge is 0.203 e. The molecule has 1 unspecified atom stereocenters. The third-order valence-corrected chi connectivity index (χ3v) is 5.01. The second kappa shape index (κ2) is 7.82. The lowest BCUT2D eigenvalue weighted by Crippen LogP contribution is -2.03. The number of ether oxygens (including phenoxy) is 4. The molecule has 0 amide bonds. The molecule has 144 valence electrons. The van der Waals surface area contributed by atoms with Crippen LogP contribution in [0, 0.1) is 5.92 Å². The average molecular weight is 370 g/mol. The summed E-state index contributed by atoms with van der Waals surface area (Å²) in [5, 5.41) is 10.3. The molecular formula is C22H26O5. The van der Waals surface area contributed by atoms with Gasteiger partial charge in [0.2, 0.25) is 5.75 Å². The molecule has 0 fully saturated rings. The number of phenols is 1. The van der Waals surface area contributed by atoms with Crippen molar-refractivity contribution >= 4 is 5.57 Å². The molecule has 3 rings (SSSR count). The van der Waals surface area contributed by atoms with E-state index in [1.165, 1.54) is 0 Å². The number of methoxy groups -OCH3 is 4. The first-order valence-electron chi connectivity index (χ1n) is 8.95.